The molecule has 1 aromatic rings. The first-order chi connectivity index (χ1) is 6.18. The molecule has 0 bridgehead atoms. The lowest BCUT2D eigenvalue weighted by atomic mass is 9.90. The lowest BCUT2D eigenvalue weighted by Crippen LogP contribution is -2.07. The Hall–Kier alpha value is -1.05. The van der Waals surface area contributed by atoms with Gasteiger partial charge in [-0.1, -0.05) is 13.8 Å². The highest BCUT2D eigenvalue weighted by Gasteiger charge is 2.26. The lowest BCUT2D eigenvalue weighted by Gasteiger charge is -2.12. The van der Waals surface area contributed by atoms with E-state index in [1.807, 2.05) is 0 Å². The summed E-state index contributed by atoms with van der Waals surface area (Å²) in [6.07, 6.45) is 0. The Morgan fingerprint density at radius 1 is 1.46 bits per heavy atom. The number of halogens is 1. The summed E-state index contributed by atoms with van der Waals surface area (Å²) in [5.74, 6) is 1.53. The van der Waals surface area contributed by atoms with Gasteiger partial charge in [0.15, 0.2) is 0 Å². The second-order valence-electron chi connectivity index (χ2n) is 3.84. The van der Waals surface area contributed by atoms with Crippen molar-refractivity contribution < 1.29 is 9.13 Å². The predicted molar refractivity (Wildman–Crippen MR) is 49.5 cm³/mol. The molecule has 13 heavy (non-hydrogen) atoms. The van der Waals surface area contributed by atoms with Crippen LogP contribution in [0.2, 0.25) is 0 Å². The van der Waals surface area contributed by atoms with Crippen LogP contribution in [0.4, 0.5) is 4.39 Å². The van der Waals surface area contributed by atoms with Crippen LogP contribution in [0.3, 0.4) is 0 Å². The molecule has 0 amide bonds. The highest BCUT2D eigenvalue weighted by atomic mass is 19.1. The summed E-state index contributed by atoms with van der Waals surface area (Å²) in [5.41, 5.74) is 1.02. The van der Waals surface area contributed by atoms with E-state index in [-0.39, 0.29) is 5.82 Å². The molecule has 1 atom stereocenters. The second kappa shape index (κ2) is 3.02. The Morgan fingerprint density at radius 2 is 2.23 bits per heavy atom. The number of benzene rings is 1. The van der Waals surface area contributed by atoms with Crippen LogP contribution in [0, 0.1) is 11.7 Å². The van der Waals surface area contributed by atoms with Gasteiger partial charge in [-0.2, -0.15) is 0 Å². The minimum atomic E-state index is -0.171. The van der Waals surface area contributed by atoms with Crippen LogP contribution in [0.5, 0.6) is 5.75 Å². The molecule has 0 aromatic heterocycles. The Bertz CT molecular complexity index is 320. The number of ether oxygens (including phenoxy) is 1. The molecule has 0 radical (unpaired) electrons. The Labute approximate surface area is 77.5 Å². The van der Waals surface area contributed by atoms with E-state index < -0.39 is 0 Å². The largest absolute Gasteiger partial charge is 0.493 e. The Balaban J connectivity index is 2.40. The normalized spacial score (nSPS) is 20.2. The molecule has 0 N–H and O–H groups in total. The van der Waals surface area contributed by atoms with Gasteiger partial charge in [0.25, 0.3) is 0 Å². The summed E-state index contributed by atoms with van der Waals surface area (Å²) in [5, 5.41) is 0. The van der Waals surface area contributed by atoms with Crippen LogP contribution in [0.25, 0.3) is 0 Å². The van der Waals surface area contributed by atoms with E-state index in [1.54, 1.807) is 12.1 Å². The Kier molecular flexibility index (Phi) is 1.98. The van der Waals surface area contributed by atoms with E-state index >= 15 is 0 Å². The van der Waals surface area contributed by atoms with Crippen LogP contribution in [-0.2, 0) is 0 Å². The molecule has 1 aliphatic rings. The van der Waals surface area contributed by atoms with Crippen molar-refractivity contribution in [2.45, 2.75) is 19.8 Å². The number of hydrogen-bond donors (Lipinski definition) is 0. The lowest BCUT2D eigenvalue weighted by molar-refractivity contribution is 0.304. The molecule has 0 saturated carbocycles. The molecule has 1 unspecified atom stereocenters. The first-order valence-electron chi connectivity index (χ1n) is 4.60. The van der Waals surface area contributed by atoms with Crippen molar-refractivity contribution in [3.8, 4) is 5.75 Å². The molecule has 70 valence electrons. The van der Waals surface area contributed by atoms with Crippen molar-refractivity contribution in [1.29, 1.82) is 0 Å². The molecule has 0 saturated heterocycles. The molecule has 1 nitrogen and oxygen atoms in total. The summed E-state index contributed by atoms with van der Waals surface area (Å²) in [4.78, 5) is 0. The van der Waals surface area contributed by atoms with Crippen LogP contribution in [0.1, 0.15) is 25.3 Å². The van der Waals surface area contributed by atoms with Crippen molar-refractivity contribution in [3.63, 3.8) is 0 Å². The van der Waals surface area contributed by atoms with E-state index in [9.17, 15) is 4.39 Å². The number of rotatable bonds is 1. The van der Waals surface area contributed by atoms with Crippen LogP contribution >= 0.6 is 0 Å². The van der Waals surface area contributed by atoms with Gasteiger partial charge in [0, 0.05) is 11.5 Å². The zero-order valence-electron chi connectivity index (χ0n) is 7.88. The minimum absolute atomic E-state index is 0.171. The van der Waals surface area contributed by atoms with E-state index in [4.69, 9.17) is 4.74 Å². The molecule has 1 aliphatic heterocycles. The molecule has 0 aliphatic carbocycles. The molecule has 1 aromatic carbocycles. The first-order valence-corrected chi connectivity index (χ1v) is 4.60. The highest BCUT2D eigenvalue weighted by Crippen LogP contribution is 2.38. The average molecular weight is 180 g/mol. The third kappa shape index (κ3) is 1.41. The van der Waals surface area contributed by atoms with Crippen LogP contribution in [-0.4, -0.2) is 6.61 Å². The average Bonchev–Trinajstić information content (AvgIpc) is 2.46. The summed E-state index contributed by atoms with van der Waals surface area (Å²) in [7, 11) is 0. The monoisotopic (exact) mass is 180 g/mol. The predicted octanol–water partition coefficient (Wildman–Crippen LogP) is 2.96. The van der Waals surface area contributed by atoms with E-state index in [2.05, 4.69) is 13.8 Å². The topological polar surface area (TPSA) is 9.23 Å². The molecule has 0 fully saturated rings. The van der Waals surface area contributed by atoms with Crippen molar-refractivity contribution in [1.82, 2.24) is 0 Å². The van der Waals surface area contributed by atoms with Gasteiger partial charge >= 0.3 is 0 Å². The maximum atomic E-state index is 12.9. The molecular weight excluding hydrogens is 167 g/mol. The summed E-state index contributed by atoms with van der Waals surface area (Å²) < 4.78 is 18.4. The van der Waals surface area contributed by atoms with Gasteiger partial charge in [-0.15, -0.1) is 0 Å². The molecular formula is C11H13FO. The fourth-order valence-electron chi connectivity index (χ4n) is 1.76. The molecule has 2 rings (SSSR count). The fraction of sp³-hybridized carbons (Fsp3) is 0.455. The summed E-state index contributed by atoms with van der Waals surface area (Å²) in [6, 6.07) is 4.75. The zero-order valence-corrected chi connectivity index (χ0v) is 7.88. The quantitative estimate of drug-likeness (QED) is 0.645. The summed E-state index contributed by atoms with van der Waals surface area (Å²) in [6.45, 7) is 4.96. The van der Waals surface area contributed by atoms with Gasteiger partial charge in [-0.05, 0) is 24.1 Å². The van der Waals surface area contributed by atoms with Gasteiger partial charge in [0.05, 0.1) is 6.61 Å². The molecule has 2 heteroatoms. The fourth-order valence-corrected chi connectivity index (χ4v) is 1.76. The SMILES string of the molecule is CC(C)C1COc2ccc(F)cc21. The highest BCUT2D eigenvalue weighted by molar-refractivity contribution is 5.40. The van der Waals surface area contributed by atoms with Gasteiger partial charge in [0.1, 0.15) is 11.6 Å². The third-order valence-corrected chi connectivity index (χ3v) is 2.59. The number of fused-ring (bicyclic) bond motifs is 1. The Morgan fingerprint density at radius 3 is 2.92 bits per heavy atom. The van der Waals surface area contributed by atoms with E-state index in [1.165, 1.54) is 6.07 Å². The van der Waals surface area contributed by atoms with Gasteiger partial charge < -0.3 is 4.74 Å². The van der Waals surface area contributed by atoms with Crippen molar-refractivity contribution in [2.24, 2.45) is 5.92 Å². The van der Waals surface area contributed by atoms with Gasteiger partial charge in [-0.25, -0.2) is 4.39 Å². The van der Waals surface area contributed by atoms with Crippen molar-refractivity contribution in [2.75, 3.05) is 6.61 Å². The second-order valence-corrected chi connectivity index (χ2v) is 3.84. The first kappa shape index (κ1) is 8.54. The van der Waals surface area contributed by atoms with E-state index in [0.717, 1.165) is 11.3 Å². The van der Waals surface area contributed by atoms with Gasteiger partial charge in [0.2, 0.25) is 0 Å². The van der Waals surface area contributed by atoms with Crippen molar-refractivity contribution in [3.05, 3.63) is 29.6 Å². The molecule has 0 spiro atoms. The number of hydrogen-bond acceptors (Lipinski definition) is 1. The van der Waals surface area contributed by atoms with Gasteiger partial charge in [-0.3, -0.25) is 0 Å². The van der Waals surface area contributed by atoms with Crippen LogP contribution < -0.4 is 4.74 Å². The maximum absolute atomic E-state index is 12.9. The van der Waals surface area contributed by atoms with Crippen molar-refractivity contribution >= 4 is 0 Å². The van der Waals surface area contributed by atoms with E-state index in [0.29, 0.717) is 18.4 Å². The third-order valence-electron chi connectivity index (χ3n) is 2.59. The minimum Gasteiger partial charge on any atom is -0.493 e. The molecule has 1 heterocycles. The standard InChI is InChI=1S/C11H13FO/c1-7(2)10-6-13-11-4-3-8(12)5-9(10)11/h3-5,7,10H,6H2,1-2H3. The zero-order chi connectivity index (χ0) is 9.42. The smallest absolute Gasteiger partial charge is 0.123 e. The maximum Gasteiger partial charge on any atom is 0.123 e. The van der Waals surface area contributed by atoms with Crippen LogP contribution in [0.15, 0.2) is 18.2 Å². The summed E-state index contributed by atoms with van der Waals surface area (Å²) >= 11 is 0.